The molecule has 0 N–H and O–H groups in total. The lowest BCUT2D eigenvalue weighted by atomic mass is 10.3. The van der Waals surface area contributed by atoms with Crippen LogP contribution in [0.25, 0.3) is 0 Å². The summed E-state index contributed by atoms with van der Waals surface area (Å²) in [5.74, 6) is -0.848. The molecule has 1 aromatic carbocycles. The van der Waals surface area contributed by atoms with Gasteiger partial charge in [0.15, 0.2) is 5.82 Å². The molecule has 0 aliphatic heterocycles. The van der Waals surface area contributed by atoms with E-state index in [1.807, 2.05) is 12.1 Å². The number of halogens is 2. The first-order valence-electron chi connectivity index (χ1n) is 5.62. The molecular formula is C13H10BrFN4O. The molecule has 2 rings (SSSR count). The average Bonchev–Trinajstić information content (AvgIpc) is 2.46. The number of nitrogens with zero attached hydrogens (tertiary/aromatic N) is 4. The first-order valence-corrected chi connectivity index (χ1v) is 6.42. The van der Waals surface area contributed by atoms with Crippen LogP contribution in [0.4, 0.5) is 15.9 Å². The lowest BCUT2D eigenvalue weighted by Gasteiger charge is -2.01. The molecule has 0 saturated carbocycles. The summed E-state index contributed by atoms with van der Waals surface area (Å²) in [6.45, 7) is 3.73. The predicted molar refractivity (Wildman–Crippen MR) is 76.0 cm³/mol. The van der Waals surface area contributed by atoms with Gasteiger partial charge in [-0.05, 0) is 24.3 Å². The van der Waals surface area contributed by atoms with Crippen LogP contribution >= 0.6 is 15.9 Å². The monoisotopic (exact) mass is 336 g/mol. The summed E-state index contributed by atoms with van der Waals surface area (Å²) in [6.07, 6.45) is 2.52. The first kappa shape index (κ1) is 14.3. The van der Waals surface area contributed by atoms with Gasteiger partial charge in [0, 0.05) is 4.47 Å². The van der Waals surface area contributed by atoms with Crippen LogP contribution in [0.1, 0.15) is 0 Å². The lowest BCUT2D eigenvalue weighted by molar-refractivity contribution is 0.331. The highest BCUT2D eigenvalue weighted by atomic mass is 79.9. The Morgan fingerprint density at radius 2 is 2.05 bits per heavy atom. The average molecular weight is 337 g/mol. The van der Waals surface area contributed by atoms with Crippen LogP contribution in [0.2, 0.25) is 0 Å². The third-order valence-corrected chi connectivity index (χ3v) is 2.65. The third kappa shape index (κ3) is 3.92. The van der Waals surface area contributed by atoms with E-state index in [2.05, 4.69) is 42.7 Å². The van der Waals surface area contributed by atoms with Gasteiger partial charge in [-0.15, -0.1) is 10.2 Å². The second-order valence-corrected chi connectivity index (χ2v) is 4.52. The minimum Gasteiger partial charge on any atom is -0.459 e. The van der Waals surface area contributed by atoms with Crippen molar-refractivity contribution in [3.8, 4) is 6.01 Å². The largest absolute Gasteiger partial charge is 0.459 e. The highest BCUT2D eigenvalue weighted by Gasteiger charge is 2.06. The number of benzene rings is 1. The molecule has 0 fully saturated rings. The summed E-state index contributed by atoms with van der Waals surface area (Å²) >= 11 is 3.31. The molecule has 0 aliphatic rings. The Balaban J connectivity index is 2.18. The maximum absolute atomic E-state index is 13.5. The zero-order valence-electron chi connectivity index (χ0n) is 10.3. The number of rotatable bonds is 5. The summed E-state index contributed by atoms with van der Waals surface area (Å²) in [5, 5.41) is 7.65. The fraction of sp³-hybridized carbons (Fsp3) is 0.0769. The summed E-state index contributed by atoms with van der Waals surface area (Å²) < 4.78 is 19.5. The summed E-state index contributed by atoms with van der Waals surface area (Å²) in [4.78, 5) is 7.50. The number of hydrogen-bond donors (Lipinski definition) is 0. The second-order valence-electron chi connectivity index (χ2n) is 3.60. The van der Waals surface area contributed by atoms with Crippen molar-refractivity contribution in [1.29, 1.82) is 0 Å². The van der Waals surface area contributed by atoms with E-state index in [1.54, 1.807) is 12.1 Å². The van der Waals surface area contributed by atoms with Crippen molar-refractivity contribution in [2.75, 3.05) is 6.61 Å². The highest BCUT2D eigenvalue weighted by Crippen LogP contribution is 2.22. The topological polar surface area (TPSA) is 59.7 Å². The van der Waals surface area contributed by atoms with Crippen molar-refractivity contribution in [3.63, 3.8) is 0 Å². The van der Waals surface area contributed by atoms with Gasteiger partial charge in [0.05, 0.1) is 11.9 Å². The van der Waals surface area contributed by atoms with E-state index < -0.39 is 5.82 Å². The zero-order valence-corrected chi connectivity index (χ0v) is 11.9. The predicted octanol–water partition coefficient (Wildman–Crippen LogP) is 4.36. The van der Waals surface area contributed by atoms with Gasteiger partial charge < -0.3 is 4.74 Å². The number of hydrogen-bond acceptors (Lipinski definition) is 5. The fourth-order valence-electron chi connectivity index (χ4n) is 1.23. The molecule has 20 heavy (non-hydrogen) atoms. The molecule has 0 spiro atoms. The minimum absolute atomic E-state index is 0.0241. The Hall–Kier alpha value is -2.15. The van der Waals surface area contributed by atoms with Crippen LogP contribution in [-0.4, -0.2) is 16.6 Å². The van der Waals surface area contributed by atoms with E-state index in [0.717, 1.165) is 10.7 Å². The SMILES string of the molecule is C=CCOc1ncc(F)c(/N=N/c2ccc(Br)cc2)n1. The van der Waals surface area contributed by atoms with E-state index in [1.165, 1.54) is 6.08 Å². The van der Waals surface area contributed by atoms with E-state index in [9.17, 15) is 4.39 Å². The van der Waals surface area contributed by atoms with Gasteiger partial charge in [-0.25, -0.2) is 9.37 Å². The second kappa shape index (κ2) is 6.85. The van der Waals surface area contributed by atoms with Gasteiger partial charge in [0.2, 0.25) is 5.82 Å². The van der Waals surface area contributed by atoms with E-state index in [0.29, 0.717) is 5.69 Å². The van der Waals surface area contributed by atoms with E-state index in [-0.39, 0.29) is 18.4 Å². The highest BCUT2D eigenvalue weighted by molar-refractivity contribution is 9.10. The number of ether oxygens (including phenoxy) is 1. The van der Waals surface area contributed by atoms with Gasteiger partial charge in [-0.1, -0.05) is 28.6 Å². The molecule has 7 heteroatoms. The summed E-state index contributed by atoms with van der Waals surface area (Å²) in [5.41, 5.74) is 0.583. The van der Waals surface area contributed by atoms with Crippen molar-refractivity contribution in [2.24, 2.45) is 10.2 Å². The Labute approximate surface area is 123 Å². The van der Waals surface area contributed by atoms with Gasteiger partial charge in [-0.3, -0.25) is 0 Å². The summed E-state index contributed by atoms with van der Waals surface area (Å²) in [7, 11) is 0. The maximum Gasteiger partial charge on any atom is 0.318 e. The van der Waals surface area contributed by atoms with E-state index >= 15 is 0 Å². The molecule has 0 radical (unpaired) electrons. The van der Waals surface area contributed by atoms with E-state index in [4.69, 9.17) is 4.74 Å². The maximum atomic E-state index is 13.5. The molecule has 1 aromatic heterocycles. The number of azo groups is 1. The first-order chi connectivity index (χ1) is 9.69. The normalized spacial score (nSPS) is 10.7. The van der Waals surface area contributed by atoms with Gasteiger partial charge in [0.25, 0.3) is 0 Å². The van der Waals surface area contributed by atoms with Crippen LogP contribution in [-0.2, 0) is 0 Å². The van der Waals surface area contributed by atoms with Crippen LogP contribution < -0.4 is 4.74 Å². The van der Waals surface area contributed by atoms with Crippen molar-refractivity contribution in [3.05, 3.63) is 53.4 Å². The van der Waals surface area contributed by atoms with Crippen LogP contribution in [0.5, 0.6) is 6.01 Å². The van der Waals surface area contributed by atoms with Crippen LogP contribution in [0.15, 0.2) is 57.8 Å². The van der Waals surface area contributed by atoms with Crippen molar-refractivity contribution >= 4 is 27.4 Å². The smallest absolute Gasteiger partial charge is 0.318 e. The number of aromatic nitrogens is 2. The molecule has 0 amide bonds. The van der Waals surface area contributed by atoms with Crippen molar-refractivity contribution in [1.82, 2.24) is 9.97 Å². The molecule has 2 aromatic rings. The Morgan fingerprint density at radius 3 is 2.75 bits per heavy atom. The van der Waals surface area contributed by atoms with Crippen LogP contribution in [0, 0.1) is 5.82 Å². The lowest BCUT2D eigenvalue weighted by Crippen LogP contribution is -1.98. The summed E-state index contributed by atoms with van der Waals surface area (Å²) in [6, 6.07) is 7.12. The molecule has 0 unspecified atom stereocenters. The molecule has 102 valence electrons. The van der Waals surface area contributed by atoms with Crippen molar-refractivity contribution < 1.29 is 9.13 Å². The van der Waals surface area contributed by atoms with Gasteiger partial charge in [-0.2, -0.15) is 4.98 Å². The molecule has 0 saturated heterocycles. The van der Waals surface area contributed by atoms with Crippen LogP contribution in [0.3, 0.4) is 0 Å². The quantitative estimate of drug-likeness (QED) is 0.602. The fourth-order valence-corrected chi connectivity index (χ4v) is 1.49. The van der Waals surface area contributed by atoms with Gasteiger partial charge in [0.1, 0.15) is 6.61 Å². The standard InChI is InChI=1S/C13H10BrFN4O/c1-2-7-20-13-16-8-11(15)12(17-13)19-18-10-5-3-9(14)4-6-10/h2-6,8H,1,7H2/b19-18+. The van der Waals surface area contributed by atoms with Gasteiger partial charge >= 0.3 is 6.01 Å². The zero-order chi connectivity index (χ0) is 14.4. The third-order valence-electron chi connectivity index (χ3n) is 2.12. The molecule has 0 bridgehead atoms. The molecule has 1 heterocycles. The van der Waals surface area contributed by atoms with Crippen molar-refractivity contribution in [2.45, 2.75) is 0 Å². The molecule has 0 aliphatic carbocycles. The molecule has 0 atom stereocenters. The minimum atomic E-state index is -0.670. The Kier molecular flexibility index (Phi) is 4.89. The Morgan fingerprint density at radius 1 is 1.30 bits per heavy atom. The molecular weight excluding hydrogens is 327 g/mol. The molecule has 5 nitrogen and oxygen atoms in total. The Bertz CT molecular complexity index is 631.